The molecule has 0 aliphatic carbocycles. The van der Waals surface area contributed by atoms with Crippen molar-refractivity contribution in [2.45, 2.75) is 12.8 Å². The van der Waals surface area contributed by atoms with Gasteiger partial charge < -0.3 is 15.3 Å². The van der Waals surface area contributed by atoms with Gasteiger partial charge in [0.05, 0.1) is 11.4 Å². The number of carboxylic acid groups (broad SMARTS) is 1. The van der Waals surface area contributed by atoms with Gasteiger partial charge in [0.1, 0.15) is 14.9 Å². The third-order valence-corrected chi connectivity index (χ3v) is 6.92. The SMILES string of the molecule is O=C(O)c1sc(-c2ccc(Cl)cc2)nc1CCO.OCCc1csc(-c2ccc(Cl)cc2)n1. The van der Waals surface area contributed by atoms with Crippen LogP contribution >= 0.6 is 45.9 Å². The summed E-state index contributed by atoms with van der Waals surface area (Å²) < 4.78 is 0. The molecule has 2 heterocycles. The second kappa shape index (κ2) is 12.2. The molecule has 0 bridgehead atoms. The third-order valence-electron chi connectivity index (χ3n) is 4.34. The standard InChI is InChI=1S/C12H10ClNO3S.C11H10ClNOS/c13-8-3-1-7(2-4-8)11-14-9(5-6-15)10(18-11)12(16)17;12-9-3-1-8(2-4-9)11-13-10(5-6-14)7-15-11/h1-4,15H,5-6H2,(H,16,17);1-4,7,14H,5-6H2. The van der Waals surface area contributed by atoms with Crippen LogP contribution in [0.3, 0.4) is 0 Å². The van der Waals surface area contributed by atoms with Crippen molar-refractivity contribution in [3.8, 4) is 21.1 Å². The number of hydrogen-bond donors (Lipinski definition) is 3. The van der Waals surface area contributed by atoms with E-state index in [2.05, 4.69) is 9.97 Å². The first kappa shape index (κ1) is 25.3. The number of hydrogen-bond acceptors (Lipinski definition) is 7. The normalized spacial score (nSPS) is 10.5. The minimum Gasteiger partial charge on any atom is -0.477 e. The summed E-state index contributed by atoms with van der Waals surface area (Å²) in [4.78, 5) is 19.9. The molecule has 0 spiro atoms. The summed E-state index contributed by atoms with van der Waals surface area (Å²) in [5.41, 5.74) is 3.23. The Morgan fingerprint density at radius 2 is 1.36 bits per heavy atom. The van der Waals surface area contributed by atoms with Gasteiger partial charge in [-0.05, 0) is 24.3 Å². The number of carboxylic acids is 1. The molecule has 172 valence electrons. The molecule has 0 radical (unpaired) electrons. The Kier molecular flexibility index (Phi) is 9.37. The van der Waals surface area contributed by atoms with E-state index in [9.17, 15) is 4.79 Å². The lowest BCUT2D eigenvalue weighted by atomic mass is 10.2. The van der Waals surface area contributed by atoms with Crippen LogP contribution in [0.5, 0.6) is 0 Å². The summed E-state index contributed by atoms with van der Waals surface area (Å²) in [5, 5.41) is 31.6. The van der Waals surface area contributed by atoms with Gasteiger partial charge in [-0.3, -0.25) is 0 Å². The minimum atomic E-state index is -1.02. The van der Waals surface area contributed by atoms with E-state index < -0.39 is 5.97 Å². The molecule has 0 saturated heterocycles. The predicted octanol–water partition coefficient (Wildman–Crippen LogP) is 5.69. The Labute approximate surface area is 208 Å². The van der Waals surface area contributed by atoms with Gasteiger partial charge in [0.15, 0.2) is 0 Å². The smallest absolute Gasteiger partial charge is 0.347 e. The number of nitrogens with zero attached hydrogens (tertiary/aromatic N) is 2. The molecule has 0 fully saturated rings. The number of thiazole rings is 2. The van der Waals surface area contributed by atoms with Crippen molar-refractivity contribution < 1.29 is 20.1 Å². The van der Waals surface area contributed by atoms with E-state index in [0.717, 1.165) is 38.2 Å². The largest absolute Gasteiger partial charge is 0.477 e. The maximum absolute atomic E-state index is 11.1. The number of aromatic carboxylic acids is 1. The molecule has 2 aromatic carbocycles. The highest BCUT2D eigenvalue weighted by Gasteiger charge is 2.17. The lowest BCUT2D eigenvalue weighted by Crippen LogP contribution is -2.01. The highest BCUT2D eigenvalue weighted by atomic mass is 35.5. The Bertz CT molecular complexity index is 1190. The van der Waals surface area contributed by atoms with Crippen LogP contribution in [0, 0.1) is 0 Å². The van der Waals surface area contributed by atoms with Crippen molar-refractivity contribution in [3.05, 3.63) is 80.2 Å². The van der Waals surface area contributed by atoms with Gasteiger partial charge in [0, 0.05) is 52.6 Å². The molecule has 4 aromatic rings. The summed E-state index contributed by atoms with van der Waals surface area (Å²) in [6.45, 7) is 0.0217. The fourth-order valence-corrected chi connectivity index (χ4v) is 4.84. The Hall–Kier alpha value is -2.33. The average Bonchev–Trinajstić information content (AvgIpc) is 3.44. The maximum Gasteiger partial charge on any atom is 0.347 e. The molecule has 2 aromatic heterocycles. The molecule has 4 rings (SSSR count). The van der Waals surface area contributed by atoms with Crippen molar-refractivity contribution in [3.63, 3.8) is 0 Å². The Morgan fingerprint density at radius 1 is 0.818 bits per heavy atom. The summed E-state index contributed by atoms with van der Waals surface area (Å²) >= 11 is 14.3. The number of aliphatic hydroxyl groups excluding tert-OH is 2. The van der Waals surface area contributed by atoms with E-state index in [1.807, 2.05) is 29.6 Å². The molecule has 0 atom stereocenters. The van der Waals surface area contributed by atoms with Crippen LogP contribution < -0.4 is 0 Å². The van der Waals surface area contributed by atoms with Crippen molar-refractivity contribution in [2.24, 2.45) is 0 Å². The first-order chi connectivity index (χ1) is 15.9. The molecule has 0 unspecified atom stereocenters. The predicted molar refractivity (Wildman–Crippen MR) is 134 cm³/mol. The molecule has 6 nitrogen and oxygen atoms in total. The van der Waals surface area contributed by atoms with Gasteiger partial charge >= 0.3 is 5.97 Å². The molecular formula is C23H20Cl2N2O4S2. The summed E-state index contributed by atoms with van der Waals surface area (Å²) in [6.07, 6.45) is 0.857. The maximum atomic E-state index is 11.1. The summed E-state index contributed by atoms with van der Waals surface area (Å²) in [7, 11) is 0. The van der Waals surface area contributed by atoms with Gasteiger partial charge in [-0.1, -0.05) is 47.5 Å². The fourth-order valence-electron chi connectivity index (χ4n) is 2.77. The van der Waals surface area contributed by atoms with Crippen LogP contribution in [-0.2, 0) is 12.8 Å². The highest BCUT2D eigenvalue weighted by Crippen LogP contribution is 2.29. The van der Waals surface area contributed by atoms with Crippen molar-refractivity contribution in [2.75, 3.05) is 13.2 Å². The van der Waals surface area contributed by atoms with E-state index in [1.54, 1.807) is 35.6 Å². The van der Waals surface area contributed by atoms with E-state index in [0.29, 0.717) is 22.1 Å². The van der Waals surface area contributed by atoms with Crippen LogP contribution in [0.1, 0.15) is 21.1 Å². The zero-order valence-corrected chi connectivity index (χ0v) is 20.4. The monoisotopic (exact) mass is 522 g/mol. The second-order valence-corrected chi connectivity index (χ2v) is 9.44. The van der Waals surface area contributed by atoms with Crippen LogP contribution in [0.25, 0.3) is 21.1 Å². The van der Waals surface area contributed by atoms with Crippen molar-refractivity contribution >= 4 is 51.8 Å². The van der Waals surface area contributed by atoms with Crippen LogP contribution in [-0.4, -0.2) is 44.5 Å². The van der Waals surface area contributed by atoms with Gasteiger partial charge in [0.25, 0.3) is 0 Å². The van der Waals surface area contributed by atoms with Gasteiger partial charge in [-0.25, -0.2) is 14.8 Å². The van der Waals surface area contributed by atoms with Crippen LogP contribution in [0.4, 0.5) is 0 Å². The number of halogens is 2. The zero-order valence-electron chi connectivity index (χ0n) is 17.2. The second-order valence-electron chi connectivity index (χ2n) is 6.70. The molecule has 0 saturated carbocycles. The number of aromatic nitrogens is 2. The van der Waals surface area contributed by atoms with E-state index in [1.165, 1.54) is 0 Å². The van der Waals surface area contributed by atoms with E-state index in [4.69, 9.17) is 38.5 Å². The highest BCUT2D eigenvalue weighted by molar-refractivity contribution is 7.17. The lowest BCUT2D eigenvalue weighted by Gasteiger charge is -1.95. The molecule has 3 N–H and O–H groups in total. The number of rotatable bonds is 7. The van der Waals surface area contributed by atoms with Gasteiger partial charge in [0.2, 0.25) is 0 Å². The van der Waals surface area contributed by atoms with Crippen LogP contribution in [0.15, 0.2) is 53.9 Å². The lowest BCUT2D eigenvalue weighted by molar-refractivity contribution is 0.0700. The first-order valence-electron chi connectivity index (χ1n) is 9.82. The van der Waals surface area contributed by atoms with Gasteiger partial charge in [-0.15, -0.1) is 22.7 Å². The topological polar surface area (TPSA) is 104 Å². The zero-order chi connectivity index (χ0) is 23.8. The van der Waals surface area contributed by atoms with Crippen molar-refractivity contribution in [1.29, 1.82) is 0 Å². The number of carbonyl (C=O) groups is 1. The molecule has 10 heteroatoms. The molecule has 0 aliphatic rings. The van der Waals surface area contributed by atoms with Crippen molar-refractivity contribution in [1.82, 2.24) is 9.97 Å². The quantitative estimate of drug-likeness (QED) is 0.287. The summed E-state index contributed by atoms with van der Waals surface area (Å²) in [5.74, 6) is -1.02. The fraction of sp³-hybridized carbons (Fsp3) is 0.174. The average molecular weight is 523 g/mol. The molecule has 33 heavy (non-hydrogen) atoms. The number of aliphatic hydroxyl groups is 2. The Morgan fingerprint density at radius 3 is 1.88 bits per heavy atom. The van der Waals surface area contributed by atoms with E-state index in [-0.39, 0.29) is 24.5 Å². The third kappa shape index (κ3) is 7.07. The molecule has 0 aliphatic heterocycles. The Balaban J connectivity index is 0.000000189. The van der Waals surface area contributed by atoms with Crippen LogP contribution in [0.2, 0.25) is 10.0 Å². The van der Waals surface area contributed by atoms with Gasteiger partial charge in [-0.2, -0.15) is 0 Å². The molecule has 0 amide bonds. The summed E-state index contributed by atoms with van der Waals surface area (Å²) in [6, 6.07) is 14.6. The van der Waals surface area contributed by atoms with E-state index >= 15 is 0 Å². The first-order valence-corrected chi connectivity index (χ1v) is 12.3. The molecular weight excluding hydrogens is 503 g/mol. The number of benzene rings is 2. The minimum absolute atomic E-state index is 0.121.